The quantitative estimate of drug-likeness (QED) is 0.452. The summed E-state index contributed by atoms with van der Waals surface area (Å²) in [4.78, 5) is 0. The lowest BCUT2D eigenvalue weighted by Gasteiger charge is -2.31. The summed E-state index contributed by atoms with van der Waals surface area (Å²) in [5, 5.41) is 0. The van der Waals surface area contributed by atoms with Crippen LogP contribution in [0.25, 0.3) is 0 Å². The first-order chi connectivity index (χ1) is 8.57. The lowest BCUT2D eigenvalue weighted by atomic mass is 10.8. The van der Waals surface area contributed by atoms with Gasteiger partial charge in [-0.05, 0) is 39.3 Å². The first kappa shape index (κ1) is 19.2. The summed E-state index contributed by atoms with van der Waals surface area (Å²) < 4.78 is 18.6. The molecule has 3 nitrogen and oxygen atoms in total. The molecule has 0 aromatic heterocycles. The predicted octanol–water partition coefficient (Wildman–Crippen LogP) is 3.52. The summed E-state index contributed by atoms with van der Waals surface area (Å²) in [6.45, 7) is 20.8. The van der Waals surface area contributed by atoms with Gasteiger partial charge < -0.3 is 12.3 Å². The third kappa shape index (κ3) is 11.7. The van der Waals surface area contributed by atoms with Crippen LogP contribution in [0, 0.1) is 0 Å². The fraction of sp³-hybridized carbons (Fsp3) is 0.667. The molecule has 0 heterocycles. The summed E-state index contributed by atoms with van der Waals surface area (Å²) >= 11 is 0. The molecule has 0 fully saturated rings. The second-order valence-electron chi connectivity index (χ2n) is 6.50. The summed E-state index contributed by atoms with van der Waals surface area (Å²) in [5.41, 5.74) is 0. The largest absolute Gasteiger partial charge is 0.439 e. The van der Waals surface area contributed by atoms with Gasteiger partial charge in [0.15, 0.2) is 16.6 Å². The first-order valence-electron chi connectivity index (χ1n) is 6.80. The molecule has 0 N–H and O–H groups in total. The highest BCUT2D eigenvalue weighted by Gasteiger charge is 2.29. The van der Waals surface area contributed by atoms with Gasteiger partial charge in [0.2, 0.25) is 0 Å². The molecular weight excluding hydrogens is 304 g/mol. The van der Waals surface area contributed by atoms with Crippen LogP contribution in [0.3, 0.4) is 0 Å². The van der Waals surface area contributed by atoms with Crippen LogP contribution in [0.5, 0.6) is 0 Å². The Kier molecular flexibility index (Phi) is 8.60. The first-order valence-corrected chi connectivity index (χ1v) is 17.1. The SMILES string of the molecule is C=CC[SiH](O[SiH](CC=C)O[Si](C)(C)C)O[Si](C)(C)C. The Morgan fingerprint density at radius 2 is 1.11 bits per heavy atom. The third-order valence-corrected chi connectivity index (χ3v) is 13.6. The molecule has 0 bridgehead atoms. The van der Waals surface area contributed by atoms with Crippen molar-refractivity contribution in [2.45, 2.75) is 51.4 Å². The molecule has 0 aliphatic heterocycles. The minimum Gasteiger partial charge on any atom is -0.439 e. The van der Waals surface area contributed by atoms with Gasteiger partial charge >= 0.3 is 18.6 Å². The van der Waals surface area contributed by atoms with Crippen molar-refractivity contribution in [3.63, 3.8) is 0 Å². The zero-order valence-corrected chi connectivity index (χ0v) is 17.7. The van der Waals surface area contributed by atoms with Crippen molar-refractivity contribution >= 4 is 35.2 Å². The maximum atomic E-state index is 6.24. The monoisotopic (exact) mass is 334 g/mol. The van der Waals surface area contributed by atoms with Crippen LogP contribution < -0.4 is 0 Å². The molecule has 0 aliphatic rings. The summed E-state index contributed by atoms with van der Waals surface area (Å²) in [5.74, 6) is 0. The Labute approximate surface area is 124 Å². The van der Waals surface area contributed by atoms with E-state index in [1.54, 1.807) is 0 Å². The van der Waals surface area contributed by atoms with E-state index in [1.165, 1.54) is 0 Å². The molecule has 0 aromatic carbocycles. The van der Waals surface area contributed by atoms with Crippen LogP contribution in [0.15, 0.2) is 25.3 Å². The Hall–Kier alpha value is 0.228. The average Bonchev–Trinajstić information content (AvgIpc) is 2.12. The molecule has 7 heteroatoms. The van der Waals surface area contributed by atoms with Crippen molar-refractivity contribution in [2.24, 2.45) is 0 Å². The van der Waals surface area contributed by atoms with Gasteiger partial charge in [-0.1, -0.05) is 12.2 Å². The van der Waals surface area contributed by atoms with Crippen LogP contribution in [-0.2, 0) is 12.3 Å². The summed E-state index contributed by atoms with van der Waals surface area (Å²) in [6.07, 6.45) is 3.82. The standard InChI is InChI=1S/C12H30O3Si4/c1-9-11-16(14-18(3,4)5)13-17(12-10-2)15-19(6,7)8/h9-10,16-17H,1-2,11-12H2,3-8H3. The number of allylic oxidation sites excluding steroid dienone is 2. The zero-order valence-electron chi connectivity index (χ0n) is 13.4. The Bertz CT molecular complexity index is 256. The zero-order chi connectivity index (χ0) is 15.1. The van der Waals surface area contributed by atoms with Gasteiger partial charge in [0.1, 0.15) is 0 Å². The van der Waals surface area contributed by atoms with Gasteiger partial charge in [-0.15, -0.1) is 13.2 Å². The normalized spacial score (nSPS) is 15.9. The molecule has 112 valence electrons. The van der Waals surface area contributed by atoms with Crippen LogP contribution in [-0.4, -0.2) is 35.2 Å². The van der Waals surface area contributed by atoms with Gasteiger partial charge in [-0.25, -0.2) is 0 Å². The molecule has 2 atom stereocenters. The fourth-order valence-electron chi connectivity index (χ4n) is 1.49. The molecule has 2 unspecified atom stereocenters. The second kappa shape index (κ2) is 8.50. The van der Waals surface area contributed by atoms with E-state index in [1.807, 2.05) is 12.2 Å². The van der Waals surface area contributed by atoms with Gasteiger partial charge in [-0.3, -0.25) is 0 Å². The molecule has 0 radical (unpaired) electrons. The predicted molar refractivity (Wildman–Crippen MR) is 94.3 cm³/mol. The Balaban J connectivity index is 4.64. The van der Waals surface area contributed by atoms with E-state index in [0.717, 1.165) is 12.1 Å². The van der Waals surface area contributed by atoms with Gasteiger partial charge in [0.25, 0.3) is 0 Å². The minimum absolute atomic E-state index is 0.847. The van der Waals surface area contributed by atoms with E-state index in [0.29, 0.717) is 0 Å². The lowest BCUT2D eigenvalue weighted by Crippen LogP contribution is -2.44. The van der Waals surface area contributed by atoms with Gasteiger partial charge in [-0.2, -0.15) is 0 Å². The molecule has 19 heavy (non-hydrogen) atoms. The van der Waals surface area contributed by atoms with Crippen molar-refractivity contribution in [3.05, 3.63) is 25.3 Å². The molecule has 0 aliphatic carbocycles. The van der Waals surface area contributed by atoms with E-state index >= 15 is 0 Å². The molecule has 0 rings (SSSR count). The van der Waals surface area contributed by atoms with E-state index in [2.05, 4.69) is 52.4 Å². The maximum absolute atomic E-state index is 6.24. The van der Waals surface area contributed by atoms with E-state index < -0.39 is 35.2 Å². The van der Waals surface area contributed by atoms with Gasteiger partial charge in [0.05, 0.1) is 0 Å². The highest BCUT2D eigenvalue weighted by Crippen LogP contribution is 2.15. The van der Waals surface area contributed by atoms with E-state index in [9.17, 15) is 0 Å². The summed E-state index contributed by atoms with van der Waals surface area (Å²) in [7, 11) is -6.50. The van der Waals surface area contributed by atoms with Crippen LogP contribution in [0.4, 0.5) is 0 Å². The fourth-order valence-corrected chi connectivity index (χ4v) is 12.8. The highest BCUT2D eigenvalue weighted by molar-refractivity contribution is 6.80. The second-order valence-corrected chi connectivity index (χ2v) is 20.6. The average molecular weight is 335 g/mol. The number of hydrogen-bond acceptors (Lipinski definition) is 3. The summed E-state index contributed by atoms with van der Waals surface area (Å²) in [6, 6.07) is 1.69. The molecule has 0 saturated heterocycles. The number of rotatable bonds is 10. The van der Waals surface area contributed by atoms with E-state index in [4.69, 9.17) is 12.3 Å². The van der Waals surface area contributed by atoms with Crippen LogP contribution >= 0.6 is 0 Å². The molecule has 0 amide bonds. The minimum atomic E-state index is -1.68. The van der Waals surface area contributed by atoms with Gasteiger partial charge in [0, 0.05) is 12.1 Å². The smallest absolute Gasteiger partial charge is 0.306 e. The third-order valence-electron chi connectivity index (χ3n) is 1.99. The number of hydrogen-bond donors (Lipinski definition) is 0. The molecule has 0 spiro atoms. The van der Waals surface area contributed by atoms with Crippen molar-refractivity contribution in [3.8, 4) is 0 Å². The Morgan fingerprint density at radius 1 is 0.789 bits per heavy atom. The molecular formula is C12H30O3Si4. The van der Waals surface area contributed by atoms with Crippen LogP contribution in [0.1, 0.15) is 0 Å². The van der Waals surface area contributed by atoms with Crippen molar-refractivity contribution in [2.75, 3.05) is 0 Å². The van der Waals surface area contributed by atoms with Crippen LogP contribution in [0.2, 0.25) is 51.4 Å². The van der Waals surface area contributed by atoms with E-state index in [-0.39, 0.29) is 0 Å². The van der Waals surface area contributed by atoms with Crippen molar-refractivity contribution in [1.29, 1.82) is 0 Å². The van der Waals surface area contributed by atoms with Crippen molar-refractivity contribution in [1.82, 2.24) is 0 Å². The molecule has 0 saturated carbocycles. The Morgan fingerprint density at radius 3 is 1.32 bits per heavy atom. The molecule has 0 aromatic rings. The van der Waals surface area contributed by atoms with Crippen molar-refractivity contribution < 1.29 is 12.3 Å². The maximum Gasteiger partial charge on any atom is 0.306 e. The topological polar surface area (TPSA) is 27.7 Å². The lowest BCUT2D eigenvalue weighted by molar-refractivity contribution is 0.368. The highest BCUT2D eigenvalue weighted by atomic mass is 28.5.